The minimum atomic E-state index is -0.0287. The van der Waals surface area contributed by atoms with Gasteiger partial charge in [0.15, 0.2) is 0 Å². The highest BCUT2D eigenvalue weighted by Crippen LogP contribution is 2.23. The number of carbonyl (C=O) groups is 2. The van der Waals surface area contributed by atoms with Gasteiger partial charge in [-0.2, -0.15) is 0 Å². The third kappa shape index (κ3) is 5.08. The highest BCUT2D eigenvalue weighted by atomic mass is 16.2. The first-order valence-electron chi connectivity index (χ1n) is 8.61. The van der Waals surface area contributed by atoms with Gasteiger partial charge in [-0.25, -0.2) is 0 Å². The van der Waals surface area contributed by atoms with E-state index in [2.05, 4.69) is 11.4 Å². The van der Waals surface area contributed by atoms with E-state index in [4.69, 9.17) is 0 Å². The molecule has 2 amide bonds. The van der Waals surface area contributed by atoms with Crippen molar-refractivity contribution in [2.24, 2.45) is 0 Å². The average molecular weight is 316 g/mol. The first-order valence-corrected chi connectivity index (χ1v) is 8.61. The van der Waals surface area contributed by atoms with Gasteiger partial charge in [-0.05, 0) is 38.3 Å². The molecule has 0 heterocycles. The lowest BCUT2D eigenvalue weighted by atomic mass is 9.94. The number of anilines is 1. The molecular weight excluding hydrogens is 288 g/mol. The average Bonchev–Trinajstić information content (AvgIpc) is 2.51. The quantitative estimate of drug-likeness (QED) is 0.898. The summed E-state index contributed by atoms with van der Waals surface area (Å²) in [6.07, 6.45) is 6.11. The number of amides is 2. The smallest absolute Gasteiger partial charge is 0.226 e. The maximum atomic E-state index is 12.2. The van der Waals surface area contributed by atoms with Crippen LogP contribution in [0.4, 0.5) is 5.69 Å². The van der Waals surface area contributed by atoms with Crippen LogP contribution in [0.5, 0.6) is 0 Å². The van der Waals surface area contributed by atoms with E-state index in [1.54, 1.807) is 6.92 Å². The van der Waals surface area contributed by atoms with Crippen molar-refractivity contribution in [1.82, 2.24) is 4.90 Å². The molecule has 0 aromatic heterocycles. The van der Waals surface area contributed by atoms with Gasteiger partial charge in [-0.3, -0.25) is 9.59 Å². The highest BCUT2D eigenvalue weighted by Gasteiger charge is 2.23. The second kappa shape index (κ2) is 8.14. The van der Waals surface area contributed by atoms with E-state index in [-0.39, 0.29) is 11.8 Å². The molecule has 1 N–H and O–H groups in total. The molecule has 0 radical (unpaired) electrons. The van der Waals surface area contributed by atoms with Crippen molar-refractivity contribution in [1.29, 1.82) is 0 Å². The van der Waals surface area contributed by atoms with Crippen molar-refractivity contribution in [2.75, 3.05) is 11.9 Å². The Hall–Kier alpha value is -1.84. The van der Waals surface area contributed by atoms with Crippen molar-refractivity contribution in [3.8, 4) is 0 Å². The molecule has 4 heteroatoms. The minimum absolute atomic E-state index is 0.0287. The van der Waals surface area contributed by atoms with Crippen LogP contribution in [-0.4, -0.2) is 29.3 Å². The van der Waals surface area contributed by atoms with Crippen LogP contribution in [0.1, 0.15) is 56.6 Å². The minimum Gasteiger partial charge on any atom is -0.339 e. The van der Waals surface area contributed by atoms with Gasteiger partial charge in [0.05, 0.1) is 0 Å². The normalized spacial score (nSPS) is 15.3. The predicted octanol–water partition coefficient (Wildman–Crippen LogP) is 3.81. The van der Waals surface area contributed by atoms with Crippen molar-refractivity contribution in [3.05, 3.63) is 29.3 Å². The Morgan fingerprint density at radius 2 is 1.87 bits per heavy atom. The molecule has 0 aliphatic heterocycles. The number of benzene rings is 1. The second-order valence-electron chi connectivity index (χ2n) is 6.62. The molecule has 23 heavy (non-hydrogen) atoms. The summed E-state index contributed by atoms with van der Waals surface area (Å²) in [4.78, 5) is 26.0. The van der Waals surface area contributed by atoms with E-state index >= 15 is 0 Å². The molecule has 0 saturated heterocycles. The van der Waals surface area contributed by atoms with Gasteiger partial charge >= 0.3 is 0 Å². The van der Waals surface area contributed by atoms with Crippen molar-refractivity contribution >= 4 is 17.5 Å². The lowest BCUT2D eigenvalue weighted by molar-refractivity contribution is -0.132. The third-order valence-corrected chi connectivity index (χ3v) is 4.66. The number of hydrogen-bond acceptors (Lipinski definition) is 2. The van der Waals surface area contributed by atoms with Crippen LogP contribution in [0.2, 0.25) is 0 Å². The Balaban J connectivity index is 1.89. The standard InChI is InChI=1S/C19H28N2O2/c1-14-9-10-18(15(2)13-14)20-19(23)11-12-21(16(3)22)17-7-5-4-6-8-17/h9-10,13,17H,4-8,11-12H2,1-3H3,(H,20,23). The van der Waals surface area contributed by atoms with Crippen LogP contribution in [-0.2, 0) is 9.59 Å². The van der Waals surface area contributed by atoms with E-state index < -0.39 is 0 Å². The number of nitrogens with zero attached hydrogens (tertiary/aromatic N) is 1. The number of hydrogen-bond donors (Lipinski definition) is 1. The third-order valence-electron chi connectivity index (χ3n) is 4.66. The number of aryl methyl sites for hydroxylation is 2. The maximum absolute atomic E-state index is 12.2. The first kappa shape index (κ1) is 17.5. The van der Waals surface area contributed by atoms with Crippen molar-refractivity contribution < 1.29 is 9.59 Å². The maximum Gasteiger partial charge on any atom is 0.226 e. The molecule has 1 aliphatic carbocycles. The van der Waals surface area contributed by atoms with Crippen molar-refractivity contribution in [3.63, 3.8) is 0 Å². The molecule has 0 bridgehead atoms. The number of rotatable bonds is 5. The van der Waals surface area contributed by atoms with Crippen LogP contribution in [0.25, 0.3) is 0 Å². The summed E-state index contributed by atoms with van der Waals surface area (Å²) >= 11 is 0. The largest absolute Gasteiger partial charge is 0.339 e. The molecule has 1 saturated carbocycles. The fourth-order valence-corrected chi connectivity index (χ4v) is 3.38. The molecule has 4 nitrogen and oxygen atoms in total. The zero-order valence-corrected chi connectivity index (χ0v) is 14.5. The van der Waals surface area contributed by atoms with E-state index in [1.807, 2.05) is 30.9 Å². The predicted molar refractivity (Wildman–Crippen MR) is 93.4 cm³/mol. The van der Waals surface area contributed by atoms with Gasteiger partial charge in [-0.1, -0.05) is 37.0 Å². The summed E-state index contributed by atoms with van der Waals surface area (Å²) in [5, 5.41) is 2.96. The summed E-state index contributed by atoms with van der Waals surface area (Å²) in [5.41, 5.74) is 3.10. The molecule has 1 aliphatic rings. The Labute approximate surface area is 139 Å². The molecular formula is C19H28N2O2. The Morgan fingerprint density at radius 1 is 1.17 bits per heavy atom. The van der Waals surface area contributed by atoms with Crippen molar-refractivity contribution in [2.45, 2.75) is 65.3 Å². The molecule has 1 aromatic carbocycles. The first-order chi connectivity index (χ1) is 11.0. The van der Waals surface area contributed by atoms with Gasteiger partial charge in [0.2, 0.25) is 11.8 Å². The second-order valence-corrected chi connectivity index (χ2v) is 6.62. The summed E-state index contributed by atoms with van der Waals surface area (Å²) < 4.78 is 0. The van der Waals surface area contributed by atoms with Gasteiger partial charge in [0.1, 0.15) is 0 Å². The molecule has 0 spiro atoms. The summed E-state index contributed by atoms with van der Waals surface area (Å²) in [5.74, 6) is 0.0511. The highest BCUT2D eigenvalue weighted by molar-refractivity contribution is 5.91. The molecule has 126 valence electrons. The van der Waals surface area contributed by atoms with Crippen LogP contribution in [0.15, 0.2) is 18.2 Å². The topological polar surface area (TPSA) is 49.4 Å². The monoisotopic (exact) mass is 316 g/mol. The zero-order valence-electron chi connectivity index (χ0n) is 14.5. The van der Waals surface area contributed by atoms with E-state index in [1.165, 1.54) is 24.8 Å². The fraction of sp³-hybridized carbons (Fsp3) is 0.579. The van der Waals surface area contributed by atoms with Gasteiger partial charge in [0, 0.05) is 31.6 Å². The summed E-state index contributed by atoms with van der Waals surface area (Å²) in [6.45, 7) is 6.15. The Kier molecular flexibility index (Phi) is 6.20. The fourth-order valence-electron chi connectivity index (χ4n) is 3.38. The number of carbonyl (C=O) groups excluding carboxylic acids is 2. The summed E-state index contributed by atoms with van der Waals surface area (Å²) in [7, 11) is 0. The van der Waals surface area contributed by atoms with E-state index in [0.717, 1.165) is 24.1 Å². The zero-order chi connectivity index (χ0) is 16.8. The number of nitrogens with one attached hydrogen (secondary N) is 1. The molecule has 1 aromatic rings. The van der Waals surface area contributed by atoms with Gasteiger partial charge in [0.25, 0.3) is 0 Å². The van der Waals surface area contributed by atoms with E-state index in [9.17, 15) is 9.59 Å². The molecule has 1 fully saturated rings. The van der Waals surface area contributed by atoms with Crippen LogP contribution < -0.4 is 5.32 Å². The molecule has 0 atom stereocenters. The lowest BCUT2D eigenvalue weighted by Crippen LogP contribution is -2.41. The van der Waals surface area contributed by atoms with Gasteiger partial charge in [-0.15, -0.1) is 0 Å². The Bertz CT molecular complexity index is 562. The Morgan fingerprint density at radius 3 is 2.48 bits per heavy atom. The lowest BCUT2D eigenvalue weighted by Gasteiger charge is -2.33. The summed E-state index contributed by atoms with van der Waals surface area (Å²) in [6, 6.07) is 6.30. The van der Waals surface area contributed by atoms with Crippen LogP contribution >= 0.6 is 0 Å². The molecule has 2 rings (SSSR count). The van der Waals surface area contributed by atoms with Gasteiger partial charge < -0.3 is 10.2 Å². The SMILES string of the molecule is CC(=O)N(CCC(=O)Nc1ccc(C)cc1C)C1CCCCC1. The van der Waals surface area contributed by atoms with Crippen LogP contribution in [0, 0.1) is 13.8 Å². The van der Waals surface area contributed by atoms with Crippen LogP contribution in [0.3, 0.4) is 0 Å². The molecule has 0 unspecified atom stereocenters. The van der Waals surface area contributed by atoms with E-state index in [0.29, 0.717) is 19.0 Å².